The molecule has 0 radical (unpaired) electrons. The van der Waals surface area contributed by atoms with E-state index in [1.807, 2.05) is 37.3 Å². The summed E-state index contributed by atoms with van der Waals surface area (Å²) in [5, 5.41) is 12.1. The standard InChI is InChI=1S/C21H19IN6O/c1-13-4-2-5-16(25-13)21-20(17-6-3-11-28(17)27-21)14-7-10-19(24-12-23)26-15(14)8-9-18(22)29/h2,4-5,7-10,12H,3,6,11H2,1H3,(H2,23,24,26)/b9-8+. The van der Waals surface area contributed by atoms with Gasteiger partial charge in [0.15, 0.2) is 0 Å². The minimum atomic E-state index is -0.0721. The summed E-state index contributed by atoms with van der Waals surface area (Å²) in [6, 6.07) is 9.72. The Hall–Kier alpha value is -2.88. The molecule has 0 atom stereocenters. The van der Waals surface area contributed by atoms with Gasteiger partial charge in [0.05, 0.1) is 5.69 Å². The summed E-state index contributed by atoms with van der Waals surface area (Å²) in [5.41, 5.74) is 7.02. The van der Waals surface area contributed by atoms with Gasteiger partial charge in [-0.1, -0.05) is 6.07 Å². The molecular formula is C21H19IN6O. The fourth-order valence-corrected chi connectivity index (χ4v) is 3.79. The Morgan fingerprint density at radius 2 is 2.21 bits per heavy atom. The second kappa shape index (κ2) is 8.24. The van der Waals surface area contributed by atoms with Gasteiger partial charge >= 0.3 is 0 Å². The Balaban J connectivity index is 1.98. The molecule has 0 bridgehead atoms. The van der Waals surface area contributed by atoms with E-state index < -0.39 is 0 Å². The van der Waals surface area contributed by atoms with Gasteiger partial charge in [0.25, 0.3) is 0 Å². The molecule has 0 fully saturated rings. The predicted molar refractivity (Wildman–Crippen MR) is 121 cm³/mol. The van der Waals surface area contributed by atoms with Gasteiger partial charge in [0.1, 0.15) is 17.5 Å². The first-order valence-corrected chi connectivity index (χ1v) is 10.3. The van der Waals surface area contributed by atoms with Crippen LogP contribution in [0.4, 0.5) is 0 Å². The van der Waals surface area contributed by atoms with Gasteiger partial charge in [-0.2, -0.15) is 5.10 Å². The third-order valence-corrected chi connectivity index (χ3v) is 5.15. The van der Waals surface area contributed by atoms with Gasteiger partial charge in [-0.15, -0.1) is 0 Å². The van der Waals surface area contributed by atoms with Crippen LogP contribution >= 0.6 is 22.6 Å². The van der Waals surface area contributed by atoms with Crippen molar-refractivity contribution in [1.29, 1.82) is 5.41 Å². The van der Waals surface area contributed by atoms with Gasteiger partial charge in [-0.05, 0) is 56.2 Å². The van der Waals surface area contributed by atoms with Gasteiger partial charge in [0.2, 0.25) is 3.79 Å². The lowest BCUT2D eigenvalue weighted by Gasteiger charge is -2.09. The first-order chi connectivity index (χ1) is 14.1. The van der Waals surface area contributed by atoms with Crippen LogP contribution < -0.4 is 5.49 Å². The highest BCUT2D eigenvalue weighted by atomic mass is 127. The number of nitrogens with zero attached hydrogens (tertiary/aromatic N) is 4. The summed E-state index contributed by atoms with van der Waals surface area (Å²) in [6.45, 7) is 2.85. The molecule has 2 N–H and O–H groups in total. The van der Waals surface area contributed by atoms with Crippen molar-refractivity contribution in [3.05, 3.63) is 59.0 Å². The minimum Gasteiger partial charge on any atom is -0.340 e. The average Bonchev–Trinajstić information content (AvgIpc) is 3.28. The molecule has 4 heterocycles. The van der Waals surface area contributed by atoms with Gasteiger partial charge in [0, 0.05) is 57.3 Å². The van der Waals surface area contributed by atoms with Crippen molar-refractivity contribution in [2.45, 2.75) is 26.3 Å². The smallest absolute Gasteiger partial charge is 0.215 e. The SMILES string of the molecule is Cc1cccc(-c2nn3c(c2-c2cc/c(=N/C=N)[nH]c2/C=C/C(=O)I)CCC3)n1. The van der Waals surface area contributed by atoms with Crippen LogP contribution in [0.25, 0.3) is 28.6 Å². The molecule has 0 saturated carbocycles. The molecule has 0 aromatic carbocycles. The maximum atomic E-state index is 11.5. The first kappa shape index (κ1) is 19.4. The number of pyridine rings is 2. The highest BCUT2D eigenvalue weighted by molar-refractivity contribution is 14.1. The van der Waals surface area contributed by atoms with E-state index in [4.69, 9.17) is 10.5 Å². The Labute approximate surface area is 181 Å². The molecule has 8 heteroatoms. The number of rotatable bonds is 5. The number of allylic oxidation sites excluding steroid dienone is 1. The lowest BCUT2D eigenvalue weighted by molar-refractivity contribution is -0.105. The molecule has 0 saturated heterocycles. The molecular weight excluding hydrogens is 479 g/mol. The van der Waals surface area contributed by atoms with Crippen molar-refractivity contribution in [3.63, 3.8) is 0 Å². The van der Waals surface area contributed by atoms with Crippen LogP contribution in [0.15, 0.2) is 41.4 Å². The average molecular weight is 498 g/mol. The quantitative estimate of drug-likeness (QED) is 0.185. The molecule has 146 valence electrons. The van der Waals surface area contributed by atoms with Crippen LogP contribution in [-0.4, -0.2) is 29.9 Å². The molecule has 4 rings (SSSR count). The number of H-pyrrole nitrogens is 1. The molecule has 0 aliphatic carbocycles. The van der Waals surface area contributed by atoms with E-state index in [1.54, 1.807) is 28.7 Å². The molecule has 1 aliphatic heterocycles. The van der Waals surface area contributed by atoms with Crippen LogP contribution in [0.5, 0.6) is 0 Å². The topological polar surface area (TPSA) is 99.8 Å². The van der Waals surface area contributed by atoms with Gasteiger partial charge in [-0.25, -0.2) is 4.99 Å². The largest absolute Gasteiger partial charge is 0.340 e. The molecule has 7 nitrogen and oxygen atoms in total. The summed E-state index contributed by atoms with van der Waals surface area (Å²) >= 11 is 1.74. The number of halogens is 1. The summed E-state index contributed by atoms with van der Waals surface area (Å²) in [6.07, 6.45) is 6.24. The van der Waals surface area contributed by atoms with Crippen LogP contribution in [0, 0.1) is 12.3 Å². The van der Waals surface area contributed by atoms with Crippen molar-refractivity contribution in [1.82, 2.24) is 19.7 Å². The summed E-state index contributed by atoms with van der Waals surface area (Å²) in [5.74, 6) is 0. The number of fused-ring (bicyclic) bond motifs is 1. The molecule has 1 aliphatic rings. The molecule has 3 aromatic heterocycles. The number of aryl methyl sites for hydroxylation is 2. The van der Waals surface area contributed by atoms with E-state index in [9.17, 15) is 4.79 Å². The van der Waals surface area contributed by atoms with E-state index in [-0.39, 0.29) is 3.79 Å². The highest BCUT2D eigenvalue weighted by Crippen LogP contribution is 2.38. The zero-order valence-corrected chi connectivity index (χ0v) is 18.0. The Morgan fingerprint density at radius 3 is 2.97 bits per heavy atom. The van der Waals surface area contributed by atoms with E-state index >= 15 is 0 Å². The third-order valence-electron chi connectivity index (χ3n) is 4.79. The number of nitrogens with one attached hydrogen (secondary N) is 2. The van der Waals surface area contributed by atoms with Gasteiger partial charge in [-0.3, -0.25) is 19.9 Å². The fraction of sp³-hybridized carbons (Fsp3) is 0.190. The van der Waals surface area contributed by atoms with Crippen LogP contribution in [0.1, 0.15) is 23.5 Å². The van der Waals surface area contributed by atoms with E-state index in [0.29, 0.717) is 5.49 Å². The van der Waals surface area contributed by atoms with Crippen molar-refractivity contribution < 1.29 is 4.79 Å². The lowest BCUT2D eigenvalue weighted by atomic mass is 9.98. The Kier molecular flexibility index (Phi) is 5.52. The number of hydrogen-bond acceptors (Lipinski definition) is 4. The Bertz CT molecular complexity index is 1200. The number of aromatic amines is 1. The normalized spacial score (nSPS) is 13.8. The summed E-state index contributed by atoms with van der Waals surface area (Å²) < 4.78 is 1.98. The van der Waals surface area contributed by atoms with E-state index in [2.05, 4.69) is 19.6 Å². The Morgan fingerprint density at radius 1 is 1.34 bits per heavy atom. The zero-order valence-electron chi connectivity index (χ0n) is 15.8. The van der Waals surface area contributed by atoms with Crippen LogP contribution in [0.2, 0.25) is 0 Å². The second-order valence-corrected chi connectivity index (χ2v) is 7.79. The van der Waals surface area contributed by atoms with Crippen molar-refractivity contribution in [2.24, 2.45) is 4.99 Å². The van der Waals surface area contributed by atoms with Crippen molar-refractivity contribution in [3.8, 4) is 22.5 Å². The first-order valence-electron chi connectivity index (χ1n) is 9.24. The minimum absolute atomic E-state index is 0.0721. The maximum absolute atomic E-state index is 11.5. The van der Waals surface area contributed by atoms with Gasteiger partial charge < -0.3 is 4.98 Å². The van der Waals surface area contributed by atoms with Crippen molar-refractivity contribution in [2.75, 3.05) is 0 Å². The number of carbonyl (C=O) groups is 1. The molecule has 3 aromatic rings. The molecule has 0 spiro atoms. The lowest BCUT2D eigenvalue weighted by Crippen LogP contribution is -2.09. The maximum Gasteiger partial charge on any atom is 0.215 e. The van der Waals surface area contributed by atoms with Crippen LogP contribution in [0.3, 0.4) is 0 Å². The molecule has 29 heavy (non-hydrogen) atoms. The van der Waals surface area contributed by atoms with E-state index in [1.165, 1.54) is 11.8 Å². The summed E-state index contributed by atoms with van der Waals surface area (Å²) in [7, 11) is 0. The van der Waals surface area contributed by atoms with E-state index in [0.717, 1.165) is 59.6 Å². The number of aromatic nitrogens is 4. The molecule has 0 unspecified atom stereocenters. The number of hydrogen-bond donors (Lipinski definition) is 2. The fourth-order valence-electron chi connectivity index (χ4n) is 3.61. The van der Waals surface area contributed by atoms with Crippen molar-refractivity contribution >= 4 is 38.8 Å². The molecule has 0 amide bonds. The van der Waals surface area contributed by atoms with Crippen LogP contribution in [-0.2, 0) is 17.8 Å². The second-order valence-electron chi connectivity index (χ2n) is 6.73. The monoisotopic (exact) mass is 498 g/mol. The predicted octanol–water partition coefficient (Wildman–Crippen LogP) is 3.68. The zero-order chi connectivity index (χ0) is 20.4. The highest BCUT2D eigenvalue weighted by Gasteiger charge is 2.25. The third kappa shape index (κ3) is 3.98. The summed E-state index contributed by atoms with van der Waals surface area (Å²) in [4.78, 5) is 23.5. The number of carbonyl (C=O) groups excluding carboxylic acids is 1.